The van der Waals surface area contributed by atoms with Gasteiger partial charge in [0.1, 0.15) is 0 Å². The van der Waals surface area contributed by atoms with E-state index >= 15 is 0 Å². The Bertz CT molecular complexity index is 287. The lowest BCUT2D eigenvalue weighted by atomic mass is 10.2. The maximum atomic E-state index is 5.99. The van der Waals surface area contributed by atoms with Crippen molar-refractivity contribution in [3.05, 3.63) is 33.8 Å². The molecular weight excluding hydrogens is 219 g/mol. The highest BCUT2D eigenvalue weighted by Gasteiger charge is 2.03. The highest BCUT2D eigenvalue weighted by Crippen LogP contribution is 2.25. The lowest BCUT2D eigenvalue weighted by Crippen LogP contribution is -1.95. The molecular formula is C11H14Cl2O. The van der Waals surface area contributed by atoms with Crippen LogP contribution in [0.3, 0.4) is 0 Å². The van der Waals surface area contributed by atoms with Crippen LogP contribution >= 0.6 is 23.2 Å². The minimum Gasteiger partial charge on any atom is -0.377 e. The predicted octanol–water partition coefficient (Wildman–Crippen LogP) is 4.31. The van der Waals surface area contributed by atoms with Crippen molar-refractivity contribution in [1.29, 1.82) is 0 Å². The predicted molar refractivity (Wildman–Crippen MR) is 61.0 cm³/mol. The molecule has 3 heteroatoms. The van der Waals surface area contributed by atoms with Gasteiger partial charge in [0, 0.05) is 6.61 Å². The van der Waals surface area contributed by atoms with Crippen molar-refractivity contribution < 1.29 is 4.74 Å². The Kier molecular flexibility index (Phi) is 5.31. The average Bonchev–Trinajstić information content (AvgIpc) is 2.19. The fourth-order valence-corrected chi connectivity index (χ4v) is 1.46. The van der Waals surface area contributed by atoms with E-state index in [0.29, 0.717) is 16.7 Å². The number of hydrogen-bond acceptors (Lipinski definition) is 1. The number of halogens is 2. The molecule has 0 amide bonds. The van der Waals surface area contributed by atoms with Crippen LogP contribution < -0.4 is 0 Å². The van der Waals surface area contributed by atoms with E-state index in [1.165, 1.54) is 0 Å². The van der Waals surface area contributed by atoms with E-state index in [9.17, 15) is 0 Å². The third-order valence-corrected chi connectivity index (χ3v) is 2.79. The summed E-state index contributed by atoms with van der Waals surface area (Å²) >= 11 is 11.9. The van der Waals surface area contributed by atoms with E-state index in [1.807, 2.05) is 12.1 Å². The smallest absolute Gasteiger partial charge is 0.0731 e. The minimum atomic E-state index is 0.541. The molecule has 0 N–H and O–H groups in total. The number of rotatable bonds is 5. The van der Waals surface area contributed by atoms with Crippen molar-refractivity contribution in [3.8, 4) is 0 Å². The first kappa shape index (κ1) is 11.8. The second-order valence-corrected chi connectivity index (χ2v) is 3.90. The highest BCUT2D eigenvalue weighted by atomic mass is 35.5. The molecule has 0 aliphatic carbocycles. The lowest BCUT2D eigenvalue weighted by Gasteiger charge is -2.06. The summed E-state index contributed by atoms with van der Waals surface area (Å²) in [7, 11) is 0. The summed E-state index contributed by atoms with van der Waals surface area (Å²) in [6.45, 7) is 3.45. The molecule has 0 bridgehead atoms. The Hall–Kier alpha value is -0.240. The van der Waals surface area contributed by atoms with Crippen LogP contribution in [-0.2, 0) is 11.3 Å². The Morgan fingerprint density at radius 3 is 2.79 bits per heavy atom. The average molecular weight is 233 g/mol. The molecule has 0 fully saturated rings. The molecule has 0 spiro atoms. The summed E-state index contributed by atoms with van der Waals surface area (Å²) < 4.78 is 5.45. The van der Waals surface area contributed by atoms with E-state index in [-0.39, 0.29) is 0 Å². The number of unbranched alkanes of at least 4 members (excludes halogenated alkanes) is 1. The molecule has 0 radical (unpaired) electrons. The van der Waals surface area contributed by atoms with Crippen LogP contribution in [0.1, 0.15) is 25.3 Å². The first-order valence-corrected chi connectivity index (χ1v) is 5.52. The highest BCUT2D eigenvalue weighted by molar-refractivity contribution is 6.42. The van der Waals surface area contributed by atoms with Gasteiger partial charge >= 0.3 is 0 Å². The zero-order chi connectivity index (χ0) is 10.4. The Morgan fingerprint density at radius 2 is 2.07 bits per heavy atom. The van der Waals surface area contributed by atoms with Gasteiger partial charge in [-0.2, -0.15) is 0 Å². The first-order chi connectivity index (χ1) is 6.75. The molecule has 0 atom stereocenters. The fraction of sp³-hybridized carbons (Fsp3) is 0.455. The van der Waals surface area contributed by atoms with Crippen molar-refractivity contribution in [1.82, 2.24) is 0 Å². The Balaban J connectivity index is 2.46. The number of hydrogen-bond donors (Lipinski definition) is 0. The van der Waals surface area contributed by atoms with Crippen LogP contribution in [0.4, 0.5) is 0 Å². The van der Waals surface area contributed by atoms with Crippen LogP contribution in [0, 0.1) is 0 Å². The maximum absolute atomic E-state index is 5.99. The molecule has 0 saturated carbocycles. The van der Waals surface area contributed by atoms with Crippen LogP contribution in [0.25, 0.3) is 0 Å². The molecule has 1 aromatic carbocycles. The van der Waals surface area contributed by atoms with Crippen LogP contribution in [-0.4, -0.2) is 6.61 Å². The van der Waals surface area contributed by atoms with E-state index in [1.54, 1.807) is 6.07 Å². The molecule has 1 aromatic rings. The molecule has 14 heavy (non-hydrogen) atoms. The van der Waals surface area contributed by atoms with Crippen molar-refractivity contribution >= 4 is 23.2 Å². The van der Waals surface area contributed by atoms with Gasteiger partial charge < -0.3 is 4.74 Å². The quantitative estimate of drug-likeness (QED) is 0.688. The van der Waals surface area contributed by atoms with E-state index in [0.717, 1.165) is 25.0 Å². The van der Waals surface area contributed by atoms with Gasteiger partial charge in [0.2, 0.25) is 0 Å². The molecule has 0 aromatic heterocycles. The van der Waals surface area contributed by atoms with Gasteiger partial charge in [-0.25, -0.2) is 0 Å². The normalized spacial score (nSPS) is 10.5. The molecule has 1 nitrogen and oxygen atoms in total. The van der Waals surface area contributed by atoms with Crippen molar-refractivity contribution in [2.75, 3.05) is 6.61 Å². The van der Waals surface area contributed by atoms with Crippen molar-refractivity contribution in [2.45, 2.75) is 26.4 Å². The van der Waals surface area contributed by atoms with E-state index in [2.05, 4.69) is 6.92 Å². The van der Waals surface area contributed by atoms with Crippen LogP contribution in [0.2, 0.25) is 10.0 Å². The maximum Gasteiger partial charge on any atom is 0.0731 e. The zero-order valence-electron chi connectivity index (χ0n) is 8.22. The second kappa shape index (κ2) is 6.28. The summed E-state index contributed by atoms with van der Waals surface area (Å²) in [5, 5.41) is 1.19. The third kappa shape index (κ3) is 3.49. The SMILES string of the molecule is CCCCOCc1cccc(Cl)c1Cl. The van der Waals surface area contributed by atoms with E-state index < -0.39 is 0 Å². The van der Waals surface area contributed by atoms with Gasteiger partial charge in [-0.1, -0.05) is 48.7 Å². The Morgan fingerprint density at radius 1 is 1.29 bits per heavy atom. The van der Waals surface area contributed by atoms with Crippen LogP contribution in [0.15, 0.2) is 18.2 Å². The first-order valence-electron chi connectivity index (χ1n) is 4.76. The molecule has 0 heterocycles. The van der Waals surface area contributed by atoms with Gasteiger partial charge in [0.15, 0.2) is 0 Å². The number of benzene rings is 1. The minimum absolute atomic E-state index is 0.541. The topological polar surface area (TPSA) is 9.23 Å². The van der Waals surface area contributed by atoms with Gasteiger partial charge in [0.25, 0.3) is 0 Å². The lowest BCUT2D eigenvalue weighted by molar-refractivity contribution is 0.118. The van der Waals surface area contributed by atoms with Crippen molar-refractivity contribution in [3.63, 3.8) is 0 Å². The summed E-state index contributed by atoms with van der Waals surface area (Å²) in [5.41, 5.74) is 0.954. The van der Waals surface area contributed by atoms with Crippen molar-refractivity contribution in [2.24, 2.45) is 0 Å². The second-order valence-electron chi connectivity index (χ2n) is 3.12. The monoisotopic (exact) mass is 232 g/mol. The molecule has 78 valence electrons. The zero-order valence-corrected chi connectivity index (χ0v) is 9.74. The summed E-state index contributed by atoms with van der Waals surface area (Å²) in [6, 6.07) is 5.59. The van der Waals surface area contributed by atoms with E-state index in [4.69, 9.17) is 27.9 Å². The summed E-state index contributed by atoms with van der Waals surface area (Å²) in [6.07, 6.45) is 2.22. The van der Waals surface area contributed by atoms with Gasteiger partial charge in [0.05, 0.1) is 16.7 Å². The van der Waals surface area contributed by atoms with Crippen LogP contribution in [0.5, 0.6) is 0 Å². The molecule has 0 aliphatic heterocycles. The van der Waals surface area contributed by atoms with Gasteiger partial charge in [-0.15, -0.1) is 0 Å². The largest absolute Gasteiger partial charge is 0.377 e. The fourth-order valence-electron chi connectivity index (χ4n) is 1.09. The van der Waals surface area contributed by atoms with Gasteiger partial charge in [-0.05, 0) is 18.1 Å². The Labute approximate surface area is 95.0 Å². The summed E-state index contributed by atoms with van der Waals surface area (Å²) in [4.78, 5) is 0. The molecule has 1 rings (SSSR count). The molecule has 0 saturated heterocycles. The third-order valence-electron chi connectivity index (χ3n) is 1.93. The molecule has 0 unspecified atom stereocenters. The molecule has 0 aliphatic rings. The summed E-state index contributed by atoms with van der Waals surface area (Å²) in [5.74, 6) is 0. The standard InChI is InChI=1S/C11H14Cl2O/c1-2-3-7-14-8-9-5-4-6-10(12)11(9)13/h4-6H,2-3,7-8H2,1H3. The van der Waals surface area contributed by atoms with Gasteiger partial charge in [-0.3, -0.25) is 0 Å². The number of ether oxygens (including phenoxy) is 1.